The maximum absolute atomic E-state index is 12.6. The number of aromatic amines is 1. The van der Waals surface area contributed by atoms with Gasteiger partial charge < -0.3 is 10.2 Å². The van der Waals surface area contributed by atoms with Gasteiger partial charge in [-0.15, -0.1) is 0 Å². The van der Waals surface area contributed by atoms with E-state index < -0.39 is 0 Å². The fraction of sp³-hybridized carbons (Fsp3) is 0.158. The lowest BCUT2D eigenvalue weighted by atomic mass is 10.1. The maximum Gasteiger partial charge on any atom is 0.255 e. The van der Waals surface area contributed by atoms with E-state index in [9.17, 15) is 9.59 Å². The Kier molecular flexibility index (Phi) is 4.79. The number of amides is 2. The van der Waals surface area contributed by atoms with Gasteiger partial charge in [-0.25, -0.2) is 4.98 Å². The number of nitrogens with zero attached hydrogens (tertiary/aromatic N) is 3. The van der Waals surface area contributed by atoms with Crippen LogP contribution in [0.1, 0.15) is 26.5 Å². The van der Waals surface area contributed by atoms with E-state index in [0.29, 0.717) is 28.5 Å². The number of rotatable bonds is 4. The molecule has 0 aliphatic carbocycles. The first-order valence-corrected chi connectivity index (χ1v) is 8.06. The predicted octanol–water partition coefficient (Wildman–Crippen LogP) is 2.73. The third-order valence-electron chi connectivity index (χ3n) is 3.75. The van der Waals surface area contributed by atoms with E-state index in [-0.39, 0.29) is 11.8 Å². The molecule has 0 saturated heterocycles. The highest BCUT2D eigenvalue weighted by Gasteiger charge is 2.12. The Morgan fingerprint density at radius 2 is 1.77 bits per heavy atom. The summed E-state index contributed by atoms with van der Waals surface area (Å²) < 4.78 is 0. The number of carbonyl (C=O) groups excluding carboxylic acids is 2. The van der Waals surface area contributed by atoms with Crippen molar-refractivity contribution in [2.75, 3.05) is 19.4 Å². The number of nitrogens with one attached hydrogen (secondary N) is 2. The molecule has 2 aromatic carbocycles. The van der Waals surface area contributed by atoms with Crippen molar-refractivity contribution in [1.82, 2.24) is 20.1 Å². The monoisotopic (exact) mass is 349 g/mol. The number of aromatic nitrogens is 3. The Morgan fingerprint density at radius 3 is 2.46 bits per heavy atom. The van der Waals surface area contributed by atoms with Crippen molar-refractivity contribution in [2.24, 2.45) is 0 Å². The highest BCUT2D eigenvalue weighted by atomic mass is 16.2. The van der Waals surface area contributed by atoms with Crippen LogP contribution in [-0.4, -0.2) is 46.0 Å². The zero-order chi connectivity index (χ0) is 18.7. The van der Waals surface area contributed by atoms with Gasteiger partial charge in [0.25, 0.3) is 11.8 Å². The highest BCUT2D eigenvalue weighted by molar-refractivity contribution is 6.05. The van der Waals surface area contributed by atoms with Crippen LogP contribution in [0.3, 0.4) is 0 Å². The van der Waals surface area contributed by atoms with Crippen LogP contribution in [0, 0.1) is 6.92 Å². The number of hydrogen-bond donors (Lipinski definition) is 2. The molecule has 0 fully saturated rings. The van der Waals surface area contributed by atoms with Crippen LogP contribution in [0.5, 0.6) is 0 Å². The highest BCUT2D eigenvalue weighted by Crippen LogP contribution is 2.18. The van der Waals surface area contributed by atoms with E-state index in [2.05, 4.69) is 20.5 Å². The van der Waals surface area contributed by atoms with Crippen molar-refractivity contribution in [2.45, 2.75) is 6.92 Å². The molecule has 7 heteroatoms. The molecule has 0 unspecified atom stereocenters. The predicted molar refractivity (Wildman–Crippen MR) is 99.0 cm³/mol. The largest absolute Gasteiger partial charge is 0.345 e. The van der Waals surface area contributed by atoms with Gasteiger partial charge in [-0.1, -0.05) is 18.2 Å². The molecule has 0 bridgehead atoms. The van der Waals surface area contributed by atoms with E-state index >= 15 is 0 Å². The van der Waals surface area contributed by atoms with Crippen LogP contribution in [0.25, 0.3) is 11.4 Å². The molecule has 3 aromatic rings. The molecule has 0 aliphatic rings. The molecule has 0 aliphatic heterocycles. The molecule has 3 rings (SSSR count). The fourth-order valence-corrected chi connectivity index (χ4v) is 2.46. The zero-order valence-electron chi connectivity index (χ0n) is 14.8. The molecule has 0 atom stereocenters. The summed E-state index contributed by atoms with van der Waals surface area (Å²) in [7, 11) is 3.37. The molecule has 0 radical (unpaired) electrons. The Bertz CT molecular complexity index is 962. The minimum atomic E-state index is -0.270. The lowest BCUT2D eigenvalue weighted by Crippen LogP contribution is -2.22. The van der Waals surface area contributed by atoms with Gasteiger partial charge in [0, 0.05) is 36.5 Å². The van der Waals surface area contributed by atoms with Crippen molar-refractivity contribution in [1.29, 1.82) is 0 Å². The minimum Gasteiger partial charge on any atom is -0.345 e. The smallest absolute Gasteiger partial charge is 0.255 e. The molecule has 1 aromatic heterocycles. The Hall–Kier alpha value is -3.48. The van der Waals surface area contributed by atoms with Crippen molar-refractivity contribution in [3.63, 3.8) is 0 Å². The summed E-state index contributed by atoms with van der Waals surface area (Å²) in [5.41, 5.74) is 2.30. The zero-order valence-corrected chi connectivity index (χ0v) is 14.8. The molecule has 2 amide bonds. The summed E-state index contributed by atoms with van der Waals surface area (Å²) >= 11 is 0. The van der Waals surface area contributed by atoms with Crippen molar-refractivity contribution < 1.29 is 9.59 Å². The first-order chi connectivity index (χ1) is 12.4. The van der Waals surface area contributed by atoms with E-state index in [0.717, 1.165) is 5.56 Å². The number of H-pyrrole nitrogens is 1. The van der Waals surface area contributed by atoms with E-state index in [1.807, 2.05) is 13.0 Å². The average Bonchev–Trinajstić information content (AvgIpc) is 3.08. The van der Waals surface area contributed by atoms with Gasteiger partial charge in [0.1, 0.15) is 5.82 Å². The van der Waals surface area contributed by atoms with E-state index in [4.69, 9.17) is 0 Å². The summed E-state index contributed by atoms with van der Waals surface area (Å²) in [6.45, 7) is 1.81. The molecule has 132 valence electrons. The van der Waals surface area contributed by atoms with Gasteiger partial charge in [0.15, 0.2) is 5.82 Å². The second kappa shape index (κ2) is 7.18. The van der Waals surface area contributed by atoms with E-state index in [1.165, 1.54) is 4.90 Å². The molecular weight excluding hydrogens is 330 g/mol. The van der Waals surface area contributed by atoms with Crippen molar-refractivity contribution >= 4 is 17.5 Å². The molecule has 0 saturated carbocycles. The van der Waals surface area contributed by atoms with Crippen LogP contribution >= 0.6 is 0 Å². The summed E-state index contributed by atoms with van der Waals surface area (Å²) in [6.07, 6.45) is 0. The second-order valence-electron chi connectivity index (χ2n) is 6.06. The Labute approximate surface area is 151 Å². The van der Waals surface area contributed by atoms with Gasteiger partial charge in [-0.05, 0) is 37.3 Å². The molecule has 26 heavy (non-hydrogen) atoms. The molecule has 1 heterocycles. The summed E-state index contributed by atoms with van der Waals surface area (Å²) in [5.74, 6) is 0.851. The maximum atomic E-state index is 12.6. The van der Waals surface area contributed by atoms with Gasteiger partial charge in [0.2, 0.25) is 0 Å². The second-order valence-corrected chi connectivity index (χ2v) is 6.06. The average molecular weight is 349 g/mol. The van der Waals surface area contributed by atoms with Crippen molar-refractivity contribution in [3.8, 4) is 11.4 Å². The Balaban J connectivity index is 1.80. The third kappa shape index (κ3) is 3.77. The van der Waals surface area contributed by atoms with Crippen molar-refractivity contribution in [3.05, 3.63) is 65.5 Å². The van der Waals surface area contributed by atoms with Crippen LogP contribution in [0.15, 0.2) is 48.5 Å². The van der Waals surface area contributed by atoms with Crippen LogP contribution in [0.2, 0.25) is 0 Å². The van der Waals surface area contributed by atoms with Gasteiger partial charge in [-0.3, -0.25) is 14.7 Å². The fourth-order valence-electron chi connectivity index (χ4n) is 2.46. The number of aryl methyl sites for hydroxylation is 1. The topological polar surface area (TPSA) is 91.0 Å². The lowest BCUT2D eigenvalue weighted by Gasteiger charge is -2.12. The molecule has 0 spiro atoms. The van der Waals surface area contributed by atoms with E-state index in [1.54, 1.807) is 56.6 Å². The van der Waals surface area contributed by atoms with Gasteiger partial charge in [-0.2, -0.15) is 5.10 Å². The van der Waals surface area contributed by atoms with Crippen LogP contribution < -0.4 is 5.32 Å². The quantitative estimate of drug-likeness (QED) is 0.758. The Morgan fingerprint density at radius 1 is 1.04 bits per heavy atom. The molecule has 7 nitrogen and oxygen atoms in total. The number of anilines is 1. The molecular formula is C19H19N5O2. The number of hydrogen-bond acceptors (Lipinski definition) is 4. The lowest BCUT2D eigenvalue weighted by molar-refractivity contribution is 0.0827. The van der Waals surface area contributed by atoms with Crippen LogP contribution in [-0.2, 0) is 0 Å². The summed E-state index contributed by atoms with van der Waals surface area (Å²) in [5, 5.41) is 9.71. The van der Waals surface area contributed by atoms with Crippen LogP contribution in [0.4, 0.5) is 5.69 Å². The molecule has 2 N–H and O–H groups in total. The first kappa shape index (κ1) is 17.3. The normalized spacial score (nSPS) is 10.4. The van der Waals surface area contributed by atoms with Gasteiger partial charge >= 0.3 is 0 Å². The number of benzene rings is 2. The third-order valence-corrected chi connectivity index (χ3v) is 3.75. The summed E-state index contributed by atoms with van der Waals surface area (Å²) in [6, 6.07) is 13.9. The minimum absolute atomic E-state index is 0.122. The number of carbonyl (C=O) groups is 2. The standard InChI is InChI=1S/C19H19N5O2/c1-12-20-17(23-22-12)13-6-4-7-14(10-13)18(25)21-16-9-5-8-15(11-16)19(26)24(2)3/h4-11H,1-3H3,(H,21,25)(H,20,22,23). The first-order valence-electron chi connectivity index (χ1n) is 8.06. The SMILES string of the molecule is Cc1nc(-c2cccc(C(=O)Nc3cccc(C(=O)N(C)C)c3)c2)n[nH]1. The summed E-state index contributed by atoms with van der Waals surface area (Å²) in [4.78, 5) is 30.4. The van der Waals surface area contributed by atoms with Gasteiger partial charge in [0.05, 0.1) is 0 Å².